The minimum Gasteiger partial charge on any atom is -0.355 e. The molecule has 1 aliphatic heterocycles. The molecule has 1 aliphatic rings. The van der Waals surface area contributed by atoms with Crippen LogP contribution in [0.4, 0.5) is 19.0 Å². The predicted octanol–water partition coefficient (Wildman–Crippen LogP) is 4.26. The van der Waals surface area contributed by atoms with E-state index in [1.165, 1.54) is 6.07 Å². The van der Waals surface area contributed by atoms with E-state index in [1.807, 2.05) is 41.5 Å². The van der Waals surface area contributed by atoms with E-state index in [0.717, 1.165) is 29.3 Å². The zero-order chi connectivity index (χ0) is 22.9. The molecule has 3 aromatic heterocycles. The summed E-state index contributed by atoms with van der Waals surface area (Å²) in [5, 5.41) is 0. The number of alkyl halides is 3. The van der Waals surface area contributed by atoms with Crippen LogP contribution in [0.1, 0.15) is 33.7 Å². The van der Waals surface area contributed by atoms with Crippen LogP contribution in [0, 0.1) is 13.8 Å². The number of hydrogen-bond acceptors (Lipinski definition) is 4. The number of anilines is 1. The van der Waals surface area contributed by atoms with Gasteiger partial charge in [-0.25, -0.2) is 4.98 Å². The van der Waals surface area contributed by atoms with E-state index in [4.69, 9.17) is 0 Å². The molecular weight excluding hydrogens is 419 g/mol. The molecule has 0 radical (unpaired) electrons. The first-order valence-electron chi connectivity index (χ1n) is 10.4. The number of hydrogen-bond donors (Lipinski definition) is 0. The van der Waals surface area contributed by atoms with Gasteiger partial charge in [0, 0.05) is 50.0 Å². The van der Waals surface area contributed by atoms with Crippen LogP contribution < -0.4 is 4.90 Å². The topological polar surface area (TPSA) is 54.3 Å². The molecule has 4 heterocycles. The van der Waals surface area contributed by atoms with Gasteiger partial charge >= 0.3 is 6.18 Å². The van der Waals surface area contributed by atoms with E-state index in [0.29, 0.717) is 44.0 Å². The zero-order valence-electron chi connectivity index (χ0n) is 17.9. The number of pyridine rings is 2. The lowest BCUT2D eigenvalue weighted by Gasteiger charge is -2.23. The molecule has 3 aromatic rings. The van der Waals surface area contributed by atoms with Gasteiger partial charge in [-0.2, -0.15) is 13.2 Å². The van der Waals surface area contributed by atoms with E-state index in [2.05, 4.69) is 9.97 Å². The van der Waals surface area contributed by atoms with Gasteiger partial charge in [-0.3, -0.25) is 9.78 Å². The summed E-state index contributed by atoms with van der Waals surface area (Å²) in [4.78, 5) is 25.2. The van der Waals surface area contributed by atoms with Gasteiger partial charge in [0.15, 0.2) is 0 Å². The maximum Gasteiger partial charge on any atom is 0.417 e. The SMILES string of the molecule is Cc1cc(C(=O)N2CCCN(c3ccc(C(F)(F)F)cn3)CC2)c(C)n1-c1cccnc1. The Balaban J connectivity index is 1.49. The third kappa shape index (κ3) is 4.32. The van der Waals surface area contributed by atoms with E-state index >= 15 is 0 Å². The highest BCUT2D eigenvalue weighted by Crippen LogP contribution is 2.29. The van der Waals surface area contributed by atoms with Crippen LogP contribution in [0.25, 0.3) is 5.69 Å². The average Bonchev–Trinajstić information content (AvgIpc) is 2.94. The second-order valence-electron chi connectivity index (χ2n) is 7.87. The third-order valence-electron chi connectivity index (χ3n) is 5.75. The van der Waals surface area contributed by atoms with E-state index in [9.17, 15) is 18.0 Å². The number of halogens is 3. The summed E-state index contributed by atoms with van der Waals surface area (Å²) in [6.45, 7) is 6.05. The molecule has 1 saturated heterocycles. The van der Waals surface area contributed by atoms with Gasteiger partial charge in [0.1, 0.15) is 5.82 Å². The van der Waals surface area contributed by atoms with Crippen LogP contribution in [0.15, 0.2) is 48.9 Å². The van der Waals surface area contributed by atoms with Crippen LogP contribution in [0.5, 0.6) is 0 Å². The van der Waals surface area contributed by atoms with Gasteiger partial charge < -0.3 is 14.4 Å². The van der Waals surface area contributed by atoms with Crippen LogP contribution in [-0.4, -0.2) is 51.5 Å². The first-order valence-corrected chi connectivity index (χ1v) is 10.4. The summed E-state index contributed by atoms with van der Waals surface area (Å²) in [7, 11) is 0. The van der Waals surface area contributed by atoms with Gasteiger partial charge in [-0.05, 0) is 50.6 Å². The molecule has 1 amide bonds. The van der Waals surface area contributed by atoms with Crippen LogP contribution >= 0.6 is 0 Å². The number of nitrogens with zero attached hydrogens (tertiary/aromatic N) is 5. The van der Waals surface area contributed by atoms with Crippen molar-refractivity contribution in [3.8, 4) is 5.69 Å². The van der Waals surface area contributed by atoms with Gasteiger partial charge in [-0.1, -0.05) is 0 Å². The van der Waals surface area contributed by atoms with Gasteiger partial charge in [-0.15, -0.1) is 0 Å². The number of aryl methyl sites for hydroxylation is 1. The number of rotatable bonds is 3. The van der Waals surface area contributed by atoms with Crippen molar-refractivity contribution in [2.45, 2.75) is 26.4 Å². The van der Waals surface area contributed by atoms with Crippen molar-refractivity contribution in [1.29, 1.82) is 0 Å². The summed E-state index contributed by atoms with van der Waals surface area (Å²) < 4.78 is 40.4. The highest BCUT2D eigenvalue weighted by Gasteiger charge is 2.31. The van der Waals surface area contributed by atoms with E-state index in [1.54, 1.807) is 17.3 Å². The number of carbonyl (C=O) groups is 1. The molecule has 1 fully saturated rings. The molecule has 9 heteroatoms. The molecule has 0 unspecified atom stereocenters. The predicted molar refractivity (Wildman–Crippen MR) is 115 cm³/mol. The Bertz CT molecular complexity index is 1090. The van der Waals surface area contributed by atoms with Crippen molar-refractivity contribution in [2.75, 3.05) is 31.1 Å². The van der Waals surface area contributed by atoms with Gasteiger partial charge in [0.2, 0.25) is 0 Å². The van der Waals surface area contributed by atoms with Crippen molar-refractivity contribution >= 4 is 11.7 Å². The first-order chi connectivity index (χ1) is 15.3. The Morgan fingerprint density at radius 1 is 1.03 bits per heavy atom. The van der Waals surface area contributed by atoms with Gasteiger partial charge in [0.05, 0.1) is 23.0 Å². The molecular formula is C23H24F3N5O. The molecule has 168 valence electrons. The molecule has 6 nitrogen and oxygen atoms in total. The lowest BCUT2D eigenvalue weighted by atomic mass is 10.2. The minimum absolute atomic E-state index is 0.0459. The normalized spacial score (nSPS) is 15.0. The molecule has 0 N–H and O–H groups in total. The molecule has 0 bridgehead atoms. The monoisotopic (exact) mass is 443 g/mol. The summed E-state index contributed by atoms with van der Waals surface area (Å²) in [6.07, 6.45) is 0.620. The van der Waals surface area contributed by atoms with Crippen LogP contribution in [0.3, 0.4) is 0 Å². The summed E-state index contributed by atoms with van der Waals surface area (Å²) in [5.41, 5.74) is 2.58. The number of amides is 1. The Labute approximate surface area is 184 Å². The maximum atomic E-state index is 13.3. The lowest BCUT2D eigenvalue weighted by molar-refractivity contribution is -0.137. The fourth-order valence-electron chi connectivity index (χ4n) is 4.12. The molecule has 0 saturated carbocycles. The fraction of sp³-hybridized carbons (Fsp3) is 0.348. The zero-order valence-corrected chi connectivity index (χ0v) is 17.9. The molecule has 4 rings (SSSR count). The fourth-order valence-corrected chi connectivity index (χ4v) is 4.12. The minimum atomic E-state index is -4.41. The Hall–Kier alpha value is -3.36. The van der Waals surface area contributed by atoms with Crippen molar-refractivity contribution in [2.24, 2.45) is 0 Å². The quantitative estimate of drug-likeness (QED) is 0.607. The summed E-state index contributed by atoms with van der Waals surface area (Å²) in [5.74, 6) is 0.442. The maximum absolute atomic E-state index is 13.3. The second kappa shape index (κ2) is 8.64. The number of carbonyl (C=O) groups excluding carboxylic acids is 1. The lowest BCUT2D eigenvalue weighted by Crippen LogP contribution is -2.35. The van der Waals surface area contributed by atoms with Crippen molar-refractivity contribution < 1.29 is 18.0 Å². The molecule has 0 spiro atoms. The molecule has 32 heavy (non-hydrogen) atoms. The smallest absolute Gasteiger partial charge is 0.355 e. The average molecular weight is 443 g/mol. The molecule has 0 aromatic carbocycles. The largest absolute Gasteiger partial charge is 0.417 e. The first kappa shape index (κ1) is 21.9. The highest BCUT2D eigenvalue weighted by molar-refractivity contribution is 5.96. The van der Waals surface area contributed by atoms with Crippen LogP contribution in [-0.2, 0) is 6.18 Å². The van der Waals surface area contributed by atoms with E-state index < -0.39 is 11.7 Å². The van der Waals surface area contributed by atoms with Gasteiger partial charge in [0.25, 0.3) is 5.91 Å². The standard InChI is InChI=1S/C23H24F3N5O/c1-16-13-20(17(2)31(16)19-5-3-8-27-15-19)22(32)30-10-4-9-29(11-12-30)21-7-6-18(14-28-21)23(24,25)26/h3,5-8,13-15H,4,9-12H2,1-2H3. The van der Waals surface area contributed by atoms with Crippen molar-refractivity contribution in [3.05, 3.63) is 71.4 Å². The molecule has 0 aliphatic carbocycles. The van der Waals surface area contributed by atoms with Crippen molar-refractivity contribution in [1.82, 2.24) is 19.4 Å². The summed E-state index contributed by atoms with van der Waals surface area (Å²) >= 11 is 0. The third-order valence-corrected chi connectivity index (χ3v) is 5.75. The highest BCUT2D eigenvalue weighted by atomic mass is 19.4. The Morgan fingerprint density at radius 2 is 1.84 bits per heavy atom. The van der Waals surface area contributed by atoms with Crippen LogP contribution in [0.2, 0.25) is 0 Å². The molecule has 0 atom stereocenters. The Morgan fingerprint density at radius 3 is 2.50 bits per heavy atom. The Kier molecular flexibility index (Phi) is 5.90. The second-order valence-corrected chi connectivity index (χ2v) is 7.87. The summed E-state index contributed by atoms with van der Waals surface area (Å²) in [6, 6.07) is 8.13. The number of aromatic nitrogens is 3. The van der Waals surface area contributed by atoms with Crippen molar-refractivity contribution in [3.63, 3.8) is 0 Å². The van der Waals surface area contributed by atoms with E-state index in [-0.39, 0.29) is 5.91 Å².